The van der Waals surface area contributed by atoms with E-state index in [4.69, 9.17) is 27.9 Å². The number of esters is 1. The van der Waals surface area contributed by atoms with E-state index in [1.54, 1.807) is 24.3 Å². The monoisotopic (exact) mass is 392 g/mol. The van der Waals surface area contributed by atoms with Crippen molar-refractivity contribution in [2.24, 2.45) is 0 Å². The summed E-state index contributed by atoms with van der Waals surface area (Å²) in [7, 11) is 0. The molecule has 0 fully saturated rings. The number of nitrogens with zero attached hydrogens (tertiary/aromatic N) is 1. The van der Waals surface area contributed by atoms with Gasteiger partial charge in [0, 0.05) is 10.4 Å². The molecule has 0 saturated heterocycles. The Bertz CT molecular complexity index is 1010. The Hall–Kier alpha value is -2.70. The molecule has 8 heteroatoms. The molecule has 1 heterocycles. The first-order chi connectivity index (χ1) is 12.4. The molecule has 0 aliphatic carbocycles. The zero-order chi connectivity index (χ0) is 18.7. The van der Waals surface area contributed by atoms with Gasteiger partial charge in [-0.3, -0.25) is 4.79 Å². The standard InChI is InChI=1S/C18H11Cl2FN2O3/c19-10-5-6-15(13(21)7-10)23-17(24)9-26-18(25)12-8-16(20)22-14-4-2-1-3-11(12)14/h1-8H,9H2,(H,23,24). The Morgan fingerprint density at radius 1 is 1.12 bits per heavy atom. The highest BCUT2D eigenvalue weighted by atomic mass is 35.5. The predicted octanol–water partition coefficient (Wildman–Crippen LogP) is 4.48. The summed E-state index contributed by atoms with van der Waals surface area (Å²) >= 11 is 11.6. The van der Waals surface area contributed by atoms with Gasteiger partial charge in [-0.05, 0) is 30.3 Å². The third-order valence-electron chi connectivity index (χ3n) is 3.44. The van der Waals surface area contributed by atoms with Gasteiger partial charge >= 0.3 is 5.97 Å². The number of ether oxygens (including phenoxy) is 1. The highest BCUT2D eigenvalue weighted by Gasteiger charge is 2.16. The van der Waals surface area contributed by atoms with Crippen LogP contribution in [-0.2, 0) is 9.53 Å². The van der Waals surface area contributed by atoms with E-state index in [1.165, 1.54) is 18.2 Å². The number of aromatic nitrogens is 1. The largest absolute Gasteiger partial charge is 0.452 e. The highest BCUT2D eigenvalue weighted by molar-refractivity contribution is 6.31. The van der Waals surface area contributed by atoms with E-state index in [-0.39, 0.29) is 21.4 Å². The van der Waals surface area contributed by atoms with Crippen molar-refractivity contribution in [3.8, 4) is 0 Å². The normalized spacial score (nSPS) is 10.6. The van der Waals surface area contributed by atoms with Crippen LogP contribution in [-0.4, -0.2) is 23.5 Å². The third-order valence-corrected chi connectivity index (χ3v) is 3.87. The lowest BCUT2D eigenvalue weighted by Gasteiger charge is -2.09. The number of nitrogens with one attached hydrogen (secondary N) is 1. The minimum absolute atomic E-state index is 0.0622. The lowest BCUT2D eigenvalue weighted by molar-refractivity contribution is -0.119. The van der Waals surface area contributed by atoms with Crippen LogP contribution in [0.2, 0.25) is 10.2 Å². The Labute approximate surface area is 157 Å². The van der Waals surface area contributed by atoms with E-state index in [0.29, 0.717) is 10.9 Å². The van der Waals surface area contributed by atoms with Gasteiger partial charge in [0.15, 0.2) is 6.61 Å². The number of pyridine rings is 1. The van der Waals surface area contributed by atoms with Crippen LogP contribution in [0.1, 0.15) is 10.4 Å². The third kappa shape index (κ3) is 4.09. The second kappa shape index (κ2) is 7.68. The van der Waals surface area contributed by atoms with Crippen LogP contribution >= 0.6 is 23.2 Å². The molecule has 26 heavy (non-hydrogen) atoms. The number of fused-ring (bicyclic) bond motifs is 1. The number of hydrogen-bond acceptors (Lipinski definition) is 4. The lowest BCUT2D eigenvalue weighted by atomic mass is 10.1. The molecule has 0 unspecified atom stereocenters. The van der Waals surface area contributed by atoms with Crippen molar-refractivity contribution in [1.29, 1.82) is 0 Å². The first kappa shape index (κ1) is 18.1. The zero-order valence-electron chi connectivity index (χ0n) is 13.1. The van der Waals surface area contributed by atoms with Crippen LogP contribution in [0.15, 0.2) is 48.5 Å². The van der Waals surface area contributed by atoms with E-state index in [1.807, 2.05) is 0 Å². The minimum atomic E-state index is -0.739. The van der Waals surface area contributed by atoms with Crippen molar-refractivity contribution >= 4 is 51.7 Å². The van der Waals surface area contributed by atoms with E-state index in [9.17, 15) is 14.0 Å². The van der Waals surface area contributed by atoms with E-state index >= 15 is 0 Å². The molecule has 1 amide bonds. The van der Waals surface area contributed by atoms with Gasteiger partial charge in [0.25, 0.3) is 5.91 Å². The number of rotatable bonds is 4. The average molecular weight is 393 g/mol. The Balaban J connectivity index is 1.70. The Morgan fingerprint density at radius 3 is 2.65 bits per heavy atom. The van der Waals surface area contributed by atoms with E-state index < -0.39 is 24.3 Å². The molecule has 132 valence electrons. The van der Waals surface area contributed by atoms with Crippen molar-refractivity contribution in [3.05, 3.63) is 70.1 Å². The first-order valence-corrected chi connectivity index (χ1v) is 8.17. The van der Waals surface area contributed by atoms with Crippen molar-refractivity contribution in [3.63, 3.8) is 0 Å². The van der Waals surface area contributed by atoms with Gasteiger partial charge < -0.3 is 10.1 Å². The van der Waals surface area contributed by atoms with Crippen molar-refractivity contribution in [1.82, 2.24) is 4.98 Å². The number of carbonyl (C=O) groups is 2. The maximum absolute atomic E-state index is 13.7. The number of anilines is 1. The zero-order valence-corrected chi connectivity index (χ0v) is 14.6. The van der Waals surface area contributed by atoms with Crippen molar-refractivity contribution in [2.45, 2.75) is 0 Å². The molecule has 0 saturated carbocycles. The highest BCUT2D eigenvalue weighted by Crippen LogP contribution is 2.22. The van der Waals surface area contributed by atoms with Gasteiger partial charge in [0.1, 0.15) is 11.0 Å². The fraction of sp³-hybridized carbons (Fsp3) is 0.0556. The Kier molecular flexibility index (Phi) is 5.35. The molecule has 0 aliphatic rings. The molecule has 0 aliphatic heterocycles. The summed E-state index contributed by atoms with van der Waals surface area (Å²) in [5.41, 5.74) is 0.651. The van der Waals surface area contributed by atoms with Gasteiger partial charge in [-0.2, -0.15) is 0 Å². The summed E-state index contributed by atoms with van der Waals surface area (Å²) < 4.78 is 18.7. The van der Waals surface area contributed by atoms with Crippen LogP contribution in [0.4, 0.5) is 10.1 Å². The summed E-state index contributed by atoms with van der Waals surface area (Å²) in [6.07, 6.45) is 0. The quantitative estimate of drug-likeness (QED) is 0.525. The van der Waals surface area contributed by atoms with Gasteiger partial charge in [0.2, 0.25) is 0 Å². The van der Waals surface area contributed by atoms with Crippen molar-refractivity contribution < 1.29 is 18.7 Å². The molecule has 5 nitrogen and oxygen atoms in total. The van der Waals surface area contributed by atoms with E-state index in [2.05, 4.69) is 10.3 Å². The fourth-order valence-electron chi connectivity index (χ4n) is 2.30. The topological polar surface area (TPSA) is 68.3 Å². The summed E-state index contributed by atoms with van der Waals surface area (Å²) in [5.74, 6) is -2.12. The summed E-state index contributed by atoms with van der Waals surface area (Å²) in [5, 5.41) is 3.18. The molecule has 1 aromatic heterocycles. The van der Waals surface area contributed by atoms with E-state index in [0.717, 1.165) is 6.07 Å². The second-order valence-electron chi connectivity index (χ2n) is 5.26. The van der Waals surface area contributed by atoms with Crippen LogP contribution in [0.3, 0.4) is 0 Å². The van der Waals surface area contributed by atoms with Gasteiger partial charge in [-0.1, -0.05) is 41.4 Å². The van der Waals surface area contributed by atoms with Gasteiger partial charge in [-0.25, -0.2) is 14.2 Å². The van der Waals surface area contributed by atoms with Crippen molar-refractivity contribution in [2.75, 3.05) is 11.9 Å². The van der Waals surface area contributed by atoms with Gasteiger partial charge in [0.05, 0.1) is 16.8 Å². The molecule has 0 radical (unpaired) electrons. The summed E-state index contributed by atoms with van der Waals surface area (Å²) in [6.45, 7) is -0.588. The molecule has 0 atom stereocenters. The van der Waals surface area contributed by atoms with Crippen LogP contribution < -0.4 is 5.32 Å². The van der Waals surface area contributed by atoms with Crippen LogP contribution in [0, 0.1) is 5.82 Å². The number of halogens is 3. The first-order valence-electron chi connectivity index (χ1n) is 7.41. The maximum atomic E-state index is 13.7. The predicted molar refractivity (Wildman–Crippen MR) is 97.1 cm³/mol. The molecular formula is C18H11Cl2FN2O3. The smallest absolute Gasteiger partial charge is 0.339 e. The SMILES string of the molecule is O=C(COC(=O)c1cc(Cl)nc2ccccc12)Nc1ccc(Cl)cc1F. The number of amides is 1. The molecular weight excluding hydrogens is 382 g/mol. The second-order valence-corrected chi connectivity index (χ2v) is 6.08. The van der Waals surface area contributed by atoms with Crippen LogP contribution in [0.25, 0.3) is 10.9 Å². The fourth-order valence-corrected chi connectivity index (χ4v) is 2.66. The maximum Gasteiger partial charge on any atom is 0.339 e. The molecule has 3 aromatic rings. The number of hydrogen-bond donors (Lipinski definition) is 1. The lowest BCUT2D eigenvalue weighted by Crippen LogP contribution is -2.21. The van der Waals surface area contributed by atoms with Crippen LogP contribution in [0.5, 0.6) is 0 Å². The average Bonchev–Trinajstić information content (AvgIpc) is 2.61. The molecule has 0 spiro atoms. The summed E-state index contributed by atoms with van der Waals surface area (Å²) in [6, 6.07) is 12.1. The molecule has 0 bridgehead atoms. The number of benzene rings is 2. The minimum Gasteiger partial charge on any atom is -0.452 e. The van der Waals surface area contributed by atoms with Gasteiger partial charge in [-0.15, -0.1) is 0 Å². The molecule has 3 rings (SSSR count). The number of para-hydroxylation sites is 1. The summed E-state index contributed by atoms with van der Waals surface area (Å²) in [4.78, 5) is 28.3. The molecule has 2 aromatic carbocycles. The Morgan fingerprint density at radius 2 is 1.88 bits per heavy atom. The number of carbonyl (C=O) groups excluding carboxylic acids is 2. The molecule has 1 N–H and O–H groups in total.